The summed E-state index contributed by atoms with van der Waals surface area (Å²) in [4.78, 5) is 31.6. The SMILES string of the molecule is CC(=O)c1sc(N(C)C(=O)CCN(C)C)nc1C. The number of rotatable bonds is 5. The van der Waals surface area contributed by atoms with E-state index in [1.165, 1.54) is 23.2 Å². The summed E-state index contributed by atoms with van der Waals surface area (Å²) in [6, 6.07) is 0. The number of anilines is 1. The molecule has 0 saturated heterocycles. The lowest BCUT2D eigenvalue weighted by atomic mass is 10.3. The first-order valence-electron chi connectivity index (χ1n) is 5.72. The first-order chi connectivity index (χ1) is 8.32. The maximum absolute atomic E-state index is 11.9. The van der Waals surface area contributed by atoms with Crippen LogP contribution in [0.25, 0.3) is 0 Å². The van der Waals surface area contributed by atoms with E-state index in [0.717, 1.165) is 0 Å². The summed E-state index contributed by atoms with van der Waals surface area (Å²) in [5, 5.41) is 0.585. The van der Waals surface area contributed by atoms with E-state index in [-0.39, 0.29) is 11.7 Å². The maximum Gasteiger partial charge on any atom is 0.229 e. The van der Waals surface area contributed by atoms with E-state index in [1.807, 2.05) is 19.0 Å². The number of thiazole rings is 1. The van der Waals surface area contributed by atoms with Crippen molar-refractivity contribution in [1.29, 1.82) is 0 Å². The zero-order chi connectivity index (χ0) is 13.9. The molecule has 0 bridgehead atoms. The van der Waals surface area contributed by atoms with E-state index in [2.05, 4.69) is 4.98 Å². The molecule has 0 spiro atoms. The zero-order valence-corrected chi connectivity index (χ0v) is 12.3. The molecule has 0 unspecified atom stereocenters. The molecule has 18 heavy (non-hydrogen) atoms. The van der Waals surface area contributed by atoms with Crippen LogP contribution in [0.15, 0.2) is 0 Å². The van der Waals surface area contributed by atoms with Crippen molar-refractivity contribution in [2.75, 3.05) is 32.6 Å². The fourth-order valence-electron chi connectivity index (χ4n) is 1.45. The lowest BCUT2D eigenvalue weighted by molar-refractivity contribution is -0.118. The first kappa shape index (κ1) is 14.8. The monoisotopic (exact) mass is 269 g/mol. The number of amides is 1. The van der Waals surface area contributed by atoms with Gasteiger partial charge in [-0.3, -0.25) is 14.5 Å². The van der Waals surface area contributed by atoms with Crippen molar-refractivity contribution in [3.8, 4) is 0 Å². The molecule has 0 saturated carbocycles. The molecular weight excluding hydrogens is 250 g/mol. The van der Waals surface area contributed by atoms with Gasteiger partial charge in [0.1, 0.15) is 0 Å². The number of aryl methyl sites for hydroxylation is 1. The second kappa shape index (κ2) is 6.06. The Labute approximate surface area is 111 Å². The average Bonchev–Trinajstić information content (AvgIpc) is 2.67. The van der Waals surface area contributed by atoms with Crippen LogP contribution in [-0.2, 0) is 4.79 Å². The van der Waals surface area contributed by atoms with Crippen LogP contribution in [0.2, 0.25) is 0 Å². The molecule has 0 aliphatic carbocycles. The minimum atomic E-state index is -0.00890. The van der Waals surface area contributed by atoms with Crippen LogP contribution in [0, 0.1) is 6.92 Å². The van der Waals surface area contributed by atoms with Crippen LogP contribution in [0.4, 0.5) is 5.13 Å². The lowest BCUT2D eigenvalue weighted by Crippen LogP contribution is -2.29. The van der Waals surface area contributed by atoms with E-state index in [0.29, 0.717) is 28.7 Å². The average molecular weight is 269 g/mol. The van der Waals surface area contributed by atoms with E-state index in [4.69, 9.17) is 0 Å². The largest absolute Gasteiger partial charge is 0.309 e. The van der Waals surface area contributed by atoms with Gasteiger partial charge >= 0.3 is 0 Å². The standard InChI is InChI=1S/C12H19N3O2S/c1-8-11(9(2)16)18-12(13-8)15(5)10(17)6-7-14(3)4/h6-7H2,1-5H3. The quantitative estimate of drug-likeness (QED) is 0.761. The normalized spacial score (nSPS) is 10.8. The van der Waals surface area contributed by atoms with Crippen molar-refractivity contribution in [2.45, 2.75) is 20.3 Å². The van der Waals surface area contributed by atoms with Gasteiger partial charge in [0.05, 0.1) is 10.6 Å². The van der Waals surface area contributed by atoms with Crippen molar-refractivity contribution >= 4 is 28.2 Å². The zero-order valence-electron chi connectivity index (χ0n) is 11.5. The van der Waals surface area contributed by atoms with Gasteiger partial charge in [-0.15, -0.1) is 0 Å². The molecule has 1 heterocycles. The number of Topliss-reactive ketones (excluding diaryl/α,β-unsaturated/α-hetero) is 1. The fourth-order valence-corrected chi connectivity index (χ4v) is 2.39. The maximum atomic E-state index is 11.9. The lowest BCUT2D eigenvalue weighted by Gasteiger charge is -2.15. The summed E-state index contributed by atoms with van der Waals surface area (Å²) in [5.41, 5.74) is 0.690. The topological polar surface area (TPSA) is 53.5 Å². The number of carbonyl (C=O) groups is 2. The third kappa shape index (κ3) is 3.61. The Kier molecular flexibility index (Phi) is 4.98. The third-order valence-electron chi connectivity index (χ3n) is 2.54. The van der Waals surface area contributed by atoms with E-state index < -0.39 is 0 Å². The van der Waals surface area contributed by atoms with Gasteiger partial charge in [-0.2, -0.15) is 0 Å². The smallest absolute Gasteiger partial charge is 0.229 e. The second-order valence-electron chi connectivity index (χ2n) is 4.47. The van der Waals surface area contributed by atoms with Crippen molar-refractivity contribution in [1.82, 2.24) is 9.88 Å². The summed E-state index contributed by atoms with van der Waals surface area (Å²) in [5.74, 6) is -0.00191. The van der Waals surface area contributed by atoms with Crippen LogP contribution < -0.4 is 4.90 Å². The van der Waals surface area contributed by atoms with Gasteiger partial charge in [-0.1, -0.05) is 11.3 Å². The summed E-state index contributed by atoms with van der Waals surface area (Å²) in [7, 11) is 5.55. The molecule has 6 heteroatoms. The van der Waals surface area contributed by atoms with Crippen molar-refractivity contribution < 1.29 is 9.59 Å². The number of carbonyl (C=O) groups excluding carboxylic acids is 2. The Morgan fingerprint density at radius 2 is 1.89 bits per heavy atom. The molecule has 0 aromatic carbocycles. The Morgan fingerprint density at radius 1 is 1.28 bits per heavy atom. The highest BCUT2D eigenvalue weighted by molar-refractivity contribution is 7.17. The molecular formula is C12H19N3O2S. The minimum absolute atomic E-state index is 0.00699. The van der Waals surface area contributed by atoms with Crippen LogP contribution in [-0.4, -0.2) is 49.3 Å². The predicted molar refractivity (Wildman–Crippen MR) is 73.4 cm³/mol. The number of hydrogen-bond donors (Lipinski definition) is 0. The van der Waals surface area contributed by atoms with Gasteiger partial charge < -0.3 is 4.90 Å². The molecule has 0 atom stereocenters. The molecule has 1 rings (SSSR count). The molecule has 0 radical (unpaired) electrons. The van der Waals surface area contributed by atoms with Crippen molar-refractivity contribution in [3.63, 3.8) is 0 Å². The number of nitrogens with zero attached hydrogens (tertiary/aromatic N) is 3. The highest BCUT2D eigenvalue weighted by atomic mass is 32.1. The predicted octanol–water partition coefficient (Wildman–Crippen LogP) is 1.57. The van der Waals surface area contributed by atoms with Gasteiger partial charge in [0.15, 0.2) is 10.9 Å². The molecule has 100 valence electrons. The molecule has 1 amide bonds. The summed E-state index contributed by atoms with van der Waals surface area (Å²) in [6.07, 6.45) is 0.442. The molecule has 0 aliphatic rings. The van der Waals surface area contributed by atoms with Crippen molar-refractivity contribution in [2.24, 2.45) is 0 Å². The van der Waals surface area contributed by atoms with Crippen molar-refractivity contribution in [3.05, 3.63) is 10.6 Å². The van der Waals surface area contributed by atoms with Crippen LogP contribution in [0.3, 0.4) is 0 Å². The van der Waals surface area contributed by atoms with Crippen LogP contribution in [0.1, 0.15) is 28.7 Å². The van der Waals surface area contributed by atoms with Gasteiger partial charge in [0.25, 0.3) is 0 Å². The Balaban J connectivity index is 2.77. The van der Waals surface area contributed by atoms with E-state index >= 15 is 0 Å². The molecule has 1 aromatic rings. The van der Waals surface area contributed by atoms with Crippen LogP contribution in [0.5, 0.6) is 0 Å². The van der Waals surface area contributed by atoms with Gasteiger partial charge in [0.2, 0.25) is 5.91 Å². The minimum Gasteiger partial charge on any atom is -0.309 e. The molecule has 0 fully saturated rings. The third-order valence-corrected chi connectivity index (χ3v) is 3.87. The molecule has 0 aliphatic heterocycles. The fraction of sp³-hybridized carbons (Fsp3) is 0.583. The first-order valence-corrected chi connectivity index (χ1v) is 6.54. The van der Waals surface area contributed by atoms with Gasteiger partial charge in [-0.05, 0) is 21.0 Å². The Bertz CT molecular complexity index is 454. The molecule has 0 N–H and O–H groups in total. The highest BCUT2D eigenvalue weighted by Gasteiger charge is 2.18. The summed E-state index contributed by atoms with van der Waals surface area (Å²) >= 11 is 1.27. The highest BCUT2D eigenvalue weighted by Crippen LogP contribution is 2.25. The summed E-state index contributed by atoms with van der Waals surface area (Å²) in [6.45, 7) is 4.00. The summed E-state index contributed by atoms with van der Waals surface area (Å²) < 4.78 is 0. The van der Waals surface area contributed by atoms with Crippen LogP contribution >= 0.6 is 11.3 Å². The number of aromatic nitrogens is 1. The second-order valence-corrected chi connectivity index (χ2v) is 5.45. The van der Waals surface area contributed by atoms with E-state index in [1.54, 1.807) is 14.0 Å². The molecule has 1 aromatic heterocycles. The Hall–Kier alpha value is -1.27. The van der Waals surface area contributed by atoms with E-state index in [9.17, 15) is 9.59 Å². The van der Waals surface area contributed by atoms with Gasteiger partial charge in [-0.25, -0.2) is 4.98 Å². The number of hydrogen-bond acceptors (Lipinski definition) is 5. The van der Waals surface area contributed by atoms with Gasteiger partial charge in [0, 0.05) is 26.9 Å². The Morgan fingerprint density at radius 3 is 2.33 bits per heavy atom. The number of ketones is 1. The molecule has 5 nitrogen and oxygen atoms in total.